The number of rotatable bonds is 5. The van der Waals surface area contributed by atoms with Crippen LogP contribution in [0.3, 0.4) is 0 Å². The van der Waals surface area contributed by atoms with Crippen LogP contribution < -0.4 is 15.2 Å². The molecule has 0 bridgehead atoms. The van der Waals surface area contributed by atoms with Gasteiger partial charge in [0.2, 0.25) is 5.95 Å². The number of fused-ring (bicyclic) bond motifs is 1. The van der Waals surface area contributed by atoms with Gasteiger partial charge in [0, 0.05) is 38.0 Å². The summed E-state index contributed by atoms with van der Waals surface area (Å²) in [6.45, 7) is 2.08. The molecule has 2 aromatic heterocycles. The summed E-state index contributed by atoms with van der Waals surface area (Å²) in [4.78, 5) is 27.5. The van der Waals surface area contributed by atoms with Crippen LogP contribution in [0.2, 0.25) is 0 Å². The van der Waals surface area contributed by atoms with E-state index in [9.17, 15) is 9.18 Å². The van der Waals surface area contributed by atoms with Crippen LogP contribution in [0.1, 0.15) is 12.0 Å². The second-order valence-electron chi connectivity index (χ2n) is 6.57. The highest BCUT2D eigenvalue weighted by Crippen LogP contribution is 2.23. The zero-order valence-electron chi connectivity index (χ0n) is 15.5. The molecular formula is C20H20FN5O2. The Morgan fingerprint density at radius 3 is 2.86 bits per heavy atom. The van der Waals surface area contributed by atoms with Crippen LogP contribution in [0, 0.1) is 5.82 Å². The minimum Gasteiger partial charge on any atom is -0.496 e. The maximum Gasteiger partial charge on any atom is 0.255 e. The third kappa shape index (κ3) is 3.58. The van der Waals surface area contributed by atoms with Crippen LogP contribution in [-0.2, 0) is 13.0 Å². The number of aromatic nitrogens is 4. The molecule has 0 atom stereocenters. The second-order valence-corrected chi connectivity index (χ2v) is 6.57. The van der Waals surface area contributed by atoms with Gasteiger partial charge in [0.15, 0.2) is 0 Å². The van der Waals surface area contributed by atoms with Crippen molar-refractivity contribution in [3.8, 4) is 17.1 Å². The predicted octanol–water partition coefficient (Wildman–Crippen LogP) is 2.30. The molecule has 1 aromatic carbocycles. The largest absolute Gasteiger partial charge is 0.496 e. The van der Waals surface area contributed by atoms with Crippen molar-refractivity contribution in [3.63, 3.8) is 0 Å². The van der Waals surface area contributed by atoms with E-state index >= 15 is 0 Å². The van der Waals surface area contributed by atoms with Crippen LogP contribution in [0.15, 0.2) is 47.7 Å². The van der Waals surface area contributed by atoms with E-state index in [1.54, 1.807) is 22.9 Å². The minimum atomic E-state index is -0.327. The molecule has 0 spiro atoms. The number of halogens is 1. The number of nitrogens with zero attached hydrogens (tertiary/aromatic N) is 5. The summed E-state index contributed by atoms with van der Waals surface area (Å²) in [6.07, 6.45) is 4.57. The van der Waals surface area contributed by atoms with Crippen molar-refractivity contribution in [2.45, 2.75) is 19.4 Å². The zero-order valence-corrected chi connectivity index (χ0v) is 15.5. The van der Waals surface area contributed by atoms with Gasteiger partial charge in [0.25, 0.3) is 5.56 Å². The van der Waals surface area contributed by atoms with E-state index in [1.165, 1.54) is 31.6 Å². The number of hydrogen-bond acceptors (Lipinski definition) is 6. The molecule has 0 fully saturated rings. The van der Waals surface area contributed by atoms with Gasteiger partial charge in [-0.1, -0.05) is 6.07 Å². The number of hydrogen-bond donors (Lipinski definition) is 0. The molecule has 7 nitrogen and oxygen atoms in total. The highest BCUT2D eigenvalue weighted by Gasteiger charge is 2.21. The van der Waals surface area contributed by atoms with Crippen LogP contribution in [0.5, 0.6) is 5.75 Å². The van der Waals surface area contributed by atoms with Crippen molar-refractivity contribution >= 4 is 5.95 Å². The molecule has 0 aliphatic carbocycles. The second kappa shape index (κ2) is 7.75. The summed E-state index contributed by atoms with van der Waals surface area (Å²) in [5.41, 5.74) is 1.96. The van der Waals surface area contributed by atoms with Gasteiger partial charge in [-0.2, -0.15) is 0 Å². The molecule has 0 amide bonds. The Hall–Kier alpha value is -3.29. The van der Waals surface area contributed by atoms with Gasteiger partial charge in [0.1, 0.15) is 17.9 Å². The Morgan fingerprint density at radius 2 is 2.07 bits per heavy atom. The fraction of sp³-hybridized carbons (Fsp3) is 0.300. The Bertz CT molecular complexity index is 1040. The normalized spacial score (nSPS) is 13.3. The first-order valence-electron chi connectivity index (χ1n) is 9.11. The Balaban J connectivity index is 1.63. The molecule has 0 unspecified atom stereocenters. The third-order valence-corrected chi connectivity index (χ3v) is 4.83. The molecule has 0 radical (unpaired) electrons. The summed E-state index contributed by atoms with van der Waals surface area (Å²) < 4.78 is 20.4. The van der Waals surface area contributed by atoms with Crippen LogP contribution in [0.4, 0.5) is 10.3 Å². The van der Waals surface area contributed by atoms with E-state index in [1.807, 2.05) is 0 Å². The molecule has 1 aliphatic rings. The van der Waals surface area contributed by atoms with Crippen molar-refractivity contribution in [1.29, 1.82) is 0 Å². The molecular weight excluding hydrogens is 361 g/mol. The third-order valence-electron chi connectivity index (χ3n) is 4.83. The van der Waals surface area contributed by atoms with Gasteiger partial charge in [-0.25, -0.2) is 19.3 Å². The van der Waals surface area contributed by atoms with Gasteiger partial charge in [-0.15, -0.1) is 0 Å². The highest BCUT2D eigenvalue weighted by molar-refractivity contribution is 5.55. The Morgan fingerprint density at radius 1 is 1.18 bits per heavy atom. The van der Waals surface area contributed by atoms with E-state index in [2.05, 4.69) is 14.9 Å². The first-order valence-corrected chi connectivity index (χ1v) is 9.11. The number of ether oxygens (including phenoxy) is 1. The lowest BCUT2D eigenvalue weighted by Gasteiger charge is -2.31. The van der Waals surface area contributed by atoms with E-state index in [4.69, 9.17) is 9.72 Å². The van der Waals surface area contributed by atoms with Gasteiger partial charge in [-0.3, -0.25) is 9.36 Å². The number of anilines is 1. The molecule has 3 aromatic rings. The van der Waals surface area contributed by atoms with Crippen LogP contribution in [0.25, 0.3) is 11.4 Å². The Labute approximate surface area is 161 Å². The highest BCUT2D eigenvalue weighted by atomic mass is 19.1. The van der Waals surface area contributed by atoms with Crippen molar-refractivity contribution < 1.29 is 9.13 Å². The molecule has 1 aliphatic heterocycles. The quantitative estimate of drug-likeness (QED) is 0.675. The molecule has 0 saturated carbocycles. The van der Waals surface area contributed by atoms with Gasteiger partial charge < -0.3 is 9.64 Å². The monoisotopic (exact) mass is 381 g/mol. The van der Waals surface area contributed by atoms with Crippen molar-refractivity contribution in [3.05, 3.63) is 64.6 Å². The fourth-order valence-corrected chi connectivity index (χ4v) is 3.43. The summed E-state index contributed by atoms with van der Waals surface area (Å²) in [5.74, 6) is 0.831. The molecule has 0 N–H and O–H groups in total. The average Bonchev–Trinajstić information content (AvgIpc) is 2.73. The first kappa shape index (κ1) is 18.1. The standard InChI is InChI=1S/C20H20FN5O2/c1-28-18-11-15(21)4-3-14(18)6-10-25-8-2-9-26-19(27)12-17(24-20(25)26)16-5-7-22-13-23-16/h3-5,7,11-13H,2,6,8-10H2,1H3. The molecule has 0 saturated heterocycles. The lowest BCUT2D eigenvalue weighted by Crippen LogP contribution is -2.39. The maximum absolute atomic E-state index is 13.4. The van der Waals surface area contributed by atoms with Crippen molar-refractivity contribution in [1.82, 2.24) is 19.5 Å². The average molecular weight is 381 g/mol. The molecule has 3 heterocycles. The van der Waals surface area contributed by atoms with Gasteiger partial charge in [-0.05, 0) is 30.5 Å². The Kier molecular flexibility index (Phi) is 5.01. The number of methoxy groups -OCH3 is 1. The van der Waals surface area contributed by atoms with E-state index in [-0.39, 0.29) is 11.4 Å². The first-order chi connectivity index (χ1) is 13.7. The smallest absolute Gasteiger partial charge is 0.255 e. The summed E-state index contributed by atoms with van der Waals surface area (Å²) in [6, 6.07) is 7.79. The molecule has 8 heteroatoms. The van der Waals surface area contributed by atoms with Crippen molar-refractivity contribution in [2.24, 2.45) is 0 Å². The van der Waals surface area contributed by atoms with E-state index in [0.717, 1.165) is 18.5 Å². The van der Waals surface area contributed by atoms with Crippen LogP contribution >= 0.6 is 0 Å². The van der Waals surface area contributed by atoms with E-state index < -0.39 is 0 Å². The fourth-order valence-electron chi connectivity index (χ4n) is 3.43. The topological polar surface area (TPSA) is 73.1 Å². The molecule has 28 heavy (non-hydrogen) atoms. The minimum absolute atomic E-state index is 0.0947. The zero-order chi connectivity index (χ0) is 19.5. The van der Waals surface area contributed by atoms with Crippen molar-refractivity contribution in [2.75, 3.05) is 25.1 Å². The lowest BCUT2D eigenvalue weighted by molar-refractivity contribution is 0.405. The molecule has 144 valence electrons. The van der Waals surface area contributed by atoms with Crippen LogP contribution in [-0.4, -0.2) is 39.7 Å². The summed E-state index contributed by atoms with van der Waals surface area (Å²) >= 11 is 0. The predicted molar refractivity (Wildman–Crippen MR) is 103 cm³/mol. The SMILES string of the molecule is COc1cc(F)ccc1CCN1CCCn2c1nc(-c1ccncn1)cc2=O. The lowest BCUT2D eigenvalue weighted by atomic mass is 10.1. The number of benzene rings is 1. The maximum atomic E-state index is 13.4. The van der Waals surface area contributed by atoms with Gasteiger partial charge in [0.05, 0.1) is 18.5 Å². The van der Waals surface area contributed by atoms with E-state index in [0.29, 0.717) is 42.6 Å². The summed E-state index contributed by atoms with van der Waals surface area (Å²) in [5, 5.41) is 0. The van der Waals surface area contributed by atoms with Gasteiger partial charge >= 0.3 is 0 Å². The summed E-state index contributed by atoms with van der Waals surface area (Å²) in [7, 11) is 1.53. The molecule has 4 rings (SSSR count).